The van der Waals surface area contributed by atoms with Crippen molar-refractivity contribution in [1.82, 2.24) is 10.2 Å². The molecule has 1 saturated carbocycles. The molecule has 170 valence electrons. The predicted molar refractivity (Wildman–Crippen MR) is 102 cm³/mol. The lowest BCUT2D eigenvalue weighted by molar-refractivity contribution is -0.192. The lowest BCUT2D eigenvalue weighted by atomic mass is 9.87. The van der Waals surface area contributed by atoms with Gasteiger partial charge >= 0.3 is 12.1 Å². The zero-order valence-corrected chi connectivity index (χ0v) is 16.8. The Bertz CT molecular complexity index is 512. The molecule has 0 aromatic heterocycles. The first-order valence-electron chi connectivity index (χ1n) is 9.78. The third-order valence-corrected chi connectivity index (χ3v) is 4.84. The first kappa shape index (κ1) is 27.1. The fourth-order valence-corrected chi connectivity index (χ4v) is 3.12. The number of hydrogen-bond donors (Lipinski definition) is 4. The van der Waals surface area contributed by atoms with E-state index in [1.165, 1.54) is 37.0 Å². The lowest BCUT2D eigenvalue weighted by Gasteiger charge is -2.27. The molecule has 6 N–H and O–H groups in total. The fourth-order valence-electron chi connectivity index (χ4n) is 3.12. The highest BCUT2D eigenvalue weighted by molar-refractivity contribution is 5.88. The molecule has 0 bridgehead atoms. The van der Waals surface area contributed by atoms with E-state index >= 15 is 0 Å². The number of rotatable bonds is 9. The summed E-state index contributed by atoms with van der Waals surface area (Å²) in [5.41, 5.74) is 10.9. The number of likely N-dealkylation sites (N-methyl/N-ethyl adjacent to an activating group) is 1. The molecule has 0 aromatic carbocycles. The zero-order valence-electron chi connectivity index (χ0n) is 16.8. The summed E-state index contributed by atoms with van der Waals surface area (Å²) in [7, 11) is 1.64. The maximum Gasteiger partial charge on any atom is 0.490 e. The van der Waals surface area contributed by atoms with Crippen LogP contribution < -0.4 is 16.8 Å². The number of nitrogens with two attached hydrogens (primary N) is 2. The van der Waals surface area contributed by atoms with Gasteiger partial charge in [0, 0.05) is 13.6 Å². The highest BCUT2D eigenvalue weighted by atomic mass is 19.4. The van der Waals surface area contributed by atoms with E-state index in [1.807, 2.05) is 0 Å². The van der Waals surface area contributed by atoms with Crippen LogP contribution >= 0.6 is 0 Å². The first-order chi connectivity index (χ1) is 13.5. The lowest BCUT2D eigenvalue weighted by Crippen LogP contribution is -2.49. The molecule has 0 unspecified atom stereocenters. The minimum absolute atomic E-state index is 0.0784. The molecule has 1 atom stereocenters. The summed E-state index contributed by atoms with van der Waals surface area (Å²) in [6.45, 7) is 1.12. The number of alkyl halides is 3. The van der Waals surface area contributed by atoms with Crippen LogP contribution in [0.2, 0.25) is 0 Å². The Balaban J connectivity index is 0.000000956. The van der Waals surface area contributed by atoms with Gasteiger partial charge in [-0.15, -0.1) is 0 Å². The minimum Gasteiger partial charge on any atom is -0.475 e. The van der Waals surface area contributed by atoms with Crippen molar-refractivity contribution in [2.24, 2.45) is 17.4 Å². The van der Waals surface area contributed by atoms with Crippen LogP contribution in [0.4, 0.5) is 13.2 Å². The molecular formula is C18H33F3N4O4. The molecule has 0 aromatic rings. The number of nitrogens with one attached hydrogen (secondary N) is 1. The van der Waals surface area contributed by atoms with Gasteiger partial charge in [-0.3, -0.25) is 9.59 Å². The second-order valence-corrected chi connectivity index (χ2v) is 7.04. The third kappa shape index (κ3) is 11.6. The maximum absolute atomic E-state index is 12.4. The SMILES string of the molecule is CN(C(=O)CN)[C@@H](CCCN)C(=O)NCCC1CCCCC1.O=C(O)C(F)(F)F. The Kier molecular flexibility index (Phi) is 13.2. The molecule has 2 amide bonds. The summed E-state index contributed by atoms with van der Waals surface area (Å²) in [4.78, 5) is 34.4. The van der Waals surface area contributed by atoms with Gasteiger partial charge in [0.1, 0.15) is 6.04 Å². The molecule has 0 spiro atoms. The molecule has 0 radical (unpaired) electrons. The number of halogens is 3. The van der Waals surface area contributed by atoms with Crippen molar-refractivity contribution in [2.45, 2.75) is 63.6 Å². The molecule has 1 aliphatic carbocycles. The highest BCUT2D eigenvalue weighted by Crippen LogP contribution is 2.25. The second-order valence-electron chi connectivity index (χ2n) is 7.04. The highest BCUT2D eigenvalue weighted by Gasteiger charge is 2.38. The molecule has 0 heterocycles. The average Bonchev–Trinajstić information content (AvgIpc) is 2.68. The van der Waals surface area contributed by atoms with Crippen molar-refractivity contribution < 1.29 is 32.7 Å². The van der Waals surface area contributed by atoms with Gasteiger partial charge in [0.05, 0.1) is 6.54 Å². The summed E-state index contributed by atoms with van der Waals surface area (Å²) in [5.74, 6) is -2.33. The van der Waals surface area contributed by atoms with Crippen LogP contribution in [-0.2, 0) is 14.4 Å². The van der Waals surface area contributed by atoms with E-state index in [0.29, 0.717) is 25.9 Å². The third-order valence-electron chi connectivity index (χ3n) is 4.84. The molecule has 8 nitrogen and oxygen atoms in total. The number of amides is 2. The molecule has 1 aliphatic rings. The normalized spacial score (nSPS) is 15.7. The van der Waals surface area contributed by atoms with Crippen LogP contribution in [0.3, 0.4) is 0 Å². The number of carboxylic acids is 1. The van der Waals surface area contributed by atoms with Crippen molar-refractivity contribution in [3.8, 4) is 0 Å². The molecule has 29 heavy (non-hydrogen) atoms. The molecule has 0 aliphatic heterocycles. The quantitative estimate of drug-likeness (QED) is 0.437. The van der Waals surface area contributed by atoms with Crippen LogP contribution in [0.1, 0.15) is 51.4 Å². The number of carboxylic acid groups (broad SMARTS) is 1. The van der Waals surface area contributed by atoms with Crippen LogP contribution in [0, 0.1) is 5.92 Å². The van der Waals surface area contributed by atoms with Crippen LogP contribution in [-0.4, -0.2) is 66.7 Å². The standard InChI is InChI=1S/C16H32N4O2.C2HF3O2/c1-20(15(21)12-18)14(8-5-10-17)16(22)19-11-9-13-6-3-2-4-7-13;3-2(4,5)1(6)7/h13-14H,2-12,17-18H2,1H3,(H,19,22);(H,6,7)/t14-;/m0./s1. The van der Waals surface area contributed by atoms with E-state index in [4.69, 9.17) is 21.4 Å². The van der Waals surface area contributed by atoms with Gasteiger partial charge in [-0.1, -0.05) is 32.1 Å². The van der Waals surface area contributed by atoms with Gasteiger partial charge in [-0.05, 0) is 31.7 Å². The Labute approximate surface area is 169 Å². The second kappa shape index (κ2) is 14.2. The monoisotopic (exact) mass is 426 g/mol. The number of carbonyl (C=O) groups is 3. The summed E-state index contributed by atoms with van der Waals surface area (Å²) in [5, 5.41) is 10.1. The van der Waals surface area contributed by atoms with Gasteiger partial charge < -0.3 is 26.8 Å². The summed E-state index contributed by atoms with van der Waals surface area (Å²) in [6.07, 6.45) is 3.75. The Hall–Kier alpha value is -1.88. The van der Waals surface area contributed by atoms with E-state index in [-0.39, 0.29) is 18.4 Å². The first-order valence-corrected chi connectivity index (χ1v) is 9.78. The van der Waals surface area contributed by atoms with Crippen LogP contribution in [0.5, 0.6) is 0 Å². The van der Waals surface area contributed by atoms with Crippen molar-refractivity contribution in [1.29, 1.82) is 0 Å². The zero-order chi connectivity index (χ0) is 22.4. The van der Waals surface area contributed by atoms with E-state index < -0.39 is 18.2 Å². The van der Waals surface area contributed by atoms with Crippen molar-refractivity contribution in [2.75, 3.05) is 26.7 Å². The van der Waals surface area contributed by atoms with Gasteiger partial charge in [0.2, 0.25) is 11.8 Å². The summed E-state index contributed by atoms with van der Waals surface area (Å²) >= 11 is 0. The van der Waals surface area contributed by atoms with Crippen LogP contribution in [0.25, 0.3) is 0 Å². The molecule has 0 saturated heterocycles. The molecule has 1 fully saturated rings. The van der Waals surface area contributed by atoms with E-state index in [9.17, 15) is 22.8 Å². The molecular weight excluding hydrogens is 393 g/mol. The average molecular weight is 426 g/mol. The molecule has 1 rings (SSSR count). The van der Waals surface area contributed by atoms with Crippen molar-refractivity contribution in [3.63, 3.8) is 0 Å². The number of hydrogen-bond acceptors (Lipinski definition) is 5. The topological polar surface area (TPSA) is 139 Å². The van der Waals surface area contributed by atoms with Crippen molar-refractivity contribution >= 4 is 17.8 Å². The largest absolute Gasteiger partial charge is 0.490 e. The molecule has 11 heteroatoms. The minimum atomic E-state index is -5.08. The fraction of sp³-hybridized carbons (Fsp3) is 0.833. The summed E-state index contributed by atoms with van der Waals surface area (Å²) < 4.78 is 31.7. The number of nitrogens with zero attached hydrogens (tertiary/aromatic N) is 1. The Morgan fingerprint density at radius 3 is 2.17 bits per heavy atom. The van der Waals surface area contributed by atoms with Gasteiger partial charge in [0.15, 0.2) is 0 Å². The van der Waals surface area contributed by atoms with Gasteiger partial charge in [0.25, 0.3) is 0 Å². The predicted octanol–water partition coefficient (Wildman–Crippen LogP) is 1.23. The van der Waals surface area contributed by atoms with E-state index in [2.05, 4.69) is 5.32 Å². The Morgan fingerprint density at radius 1 is 1.17 bits per heavy atom. The van der Waals surface area contributed by atoms with E-state index in [1.54, 1.807) is 7.05 Å². The van der Waals surface area contributed by atoms with Crippen molar-refractivity contribution in [3.05, 3.63) is 0 Å². The number of aliphatic carboxylic acids is 1. The van der Waals surface area contributed by atoms with Gasteiger partial charge in [-0.2, -0.15) is 13.2 Å². The maximum atomic E-state index is 12.4. The van der Waals surface area contributed by atoms with Crippen LogP contribution in [0.15, 0.2) is 0 Å². The Morgan fingerprint density at radius 2 is 1.72 bits per heavy atom. The summed E-state index contributed by atoms with van der Waals surface area (Å²) in [6, 6.07) is -0.467. The smallest absolute Gasteiger partial charge is 0.475 e. The number of carbonyl (C=O) groups excluding carboxylic acids is 2. The van der Waals surface area contributed by atoms with Gasteiger partial charge in [-0.25, -0.2) is 4.79 Å². The van der Waals surface area contributed by atoms with E-state index in [0.717, 1.165) is 12.3 Å².